The normalized spacial score (nSPS) is 35.8. The summed E-state index contributed by atoms with van der Waals surface area (Å²) in [6.07, 6.45) is 4.57. The van der Waals surface area contributed by atoms with E-state index in [-0.39, 0.29) is 29.5 Å². The van der Waals surface area contributed by atoms with Crippen molar-refractivity contribution < 1.29 is 19.1 Å². The number of nitrogens with zero attached hydrogens (tertiary/aromatic N) is 2. The van der Waals surface area contributed by atoms with E-state index in [1.165, 1.54) is 7.11 Å². The molecule has 4 fully saturated rings. The van der Waals surface area contributed by atoms with Crippen molar-refractivity contribution in [3.05, 3.63) is 0 Å². The first kappa shape index (κ1) is 16.1. The van der Waals surface area contributed by atoms with Gasteiger partial charge < -0.3 is 19.7 Å². The summed E-state index contributed by atoms with van der Waals surface area (Å²) in [6, 6.07) is 0.758. The van der Waals surface area contributed by atoms with E-state index in [9.17, 15) is 9.59 Å². The Morgan fingerprint density at radius 1 is 1.21 bits per heavy atom. The summed E-state index contributed by atoms with van der Waals surface area (Å²) < 4.78 is 10.6. The molecule has 24 heavy (non-hydrogen) atoms. The lowest BCUT2D eigenvalue weighted by Crippen LogP contribution is -2.63. The molecule has 1 spiro atoms. The average Bonchev–Trinajstić information content (AvgIpc) is 2.94. The highest BCUT2D eigenvalue weighted by atomic mass is 16.5. The lowest BCUT2D eigenvalue weighted by atomic mass is 9.76. The van der Waals surface area contributed by atoms with Gasteiger partial charge in [0.25, 0.3) is 0 Å². The molecular formula is C17H27N3O4. The molecule has 4 heterocycles. The van der Waals surface area contributed by atoms with Crippen LogP contribution in [0.15, 0.2) is 0 Å². The number of rotatable bonds is 1. The number of methoxy groups -OCH3 is 1. The second kappa shape index (κ2) is 6.19. The van der Waals surface area contributed by atoms with Crippen molar-refractivity contribution in [2.45, 2.75) is 50.2 Å². The molecule has 0 aliphatic carbocycles. The van der Waals surface area contributed by atoms with Gasteiger partial charge >= 0.3 is 6.09 Å². The summed E-state index contributed by atoms with van der Waals surface area (Å²) in [4.78, 5) is 28.1. The summed E-state index contributed by atoms with van der Waals surface area (Å²) in [6.45, 7) is 4.17. The van der Waals surface area contributed by atoms with E-state index in [2.05, 4.69) is 10.2 Å². The first-order chi connectivity index (χ1) is 11.6. The zero-order valence-corrected chi connectivity index (χ0v) is 14.3. The third-order valence-corrected chi connectivity index (χ3v) is 6.45. The first-order valence-corrected chi connectivity index (χ1v) is 9.05. The Kier molecular flexibility index (Phi) is 4.16. The van der Waals surface area contributed by atoms with Crippen molar-refractivity contribution >= 4 is 12.0 Å². The van der Waals surface area contributed by atoms with Crippen molar-refractivity contribution in [1.82, 2.24) is 15.1 Å². The van der Waals surface area contributed by atoms with Crippen LogP contribution in [-0.2, 0) is 14.3 Å². The van der Waals surface area contributed by atoms with Crippen molar-refractivity contribution in [1.29, 1.82) is 0 Å². The van der Waals surface area contributed by atoms with Crippen LogP contribution in [0, 0.1) is 5.41 Å². The highest BCUT2D eigenvalue weighted by molar-refractivity contribution is 5.79. The number of likely N-dealkylation sites (tertiary alicyclic amines) is 1. The van der Waals surface area contributed by atoms with Gasteiger partial charge in [0.2, 0.25) is 5.91 Å². The molecule has 2 atom stereocenters. The van der Waals surface area contributed by atoms with Gasteiger partial charge in [-0.2, -0.15) is 0 Å². The predicted octanol–water partition coefficient (Wildman–Crippen LogP) is 0.587. The minimum absolute atomic E-state index is 0.126. The second-order valence-electron chi connectivity index (χ2n) is 7.84. The van der Waals surface area contributed by atoms with Crippen LogP contribution in [0.25, 0.3) is 0 Å². The Hall–Kier alpha value is -1.34. The second-order valence-corrected chi connectivity index (χ2v) is 7.84. The van der Waals surface area contributed by atoms with E-state index >= 15 is 0 Å². The van der Waals surface area contributed by atoms with Gasteiger partial charge in [-0.3, -0.25) is 9.69 Å². The molecule has 2 unspecified atom stereocenters. The van der Waals surface area contributed by atoms with E-state index in [4.69, 9.17) is 9.47 Å². The zero-order valence-electron chi connectivity index (χ0n) is 14.3. The number of hydrogen-bond acceptors (Lipinski definition) is 5. The van der Waals surface area contributed by atoms with Gasteiger partial charge in [-0.05, 0) is 44.2 Å². The Bertz CT molecular complexity index is 504. The van der Waals surface area contributed by atoms with Crippen LogP contribution in [0.3, 0.4) is 0 Å². The standard InChI is InChI=1S/C17H27N3O4/c1-23-16(22)20-13-6-12(7-14(20)10-24-9-13)19-4-2-17(3-5-19)8-15(21)18-11-17/h12-14H,2-11H2,1H3,(H,18,21). The van der Waals surface area contributed by atoms with Crippen LogP contribution in [-0.4, -0.2) is 79.9 Å². The molecular weight excluding hydrogens is 310 g/mol. The zero-order chi connectivity index (χ0) is 16.7. The number of ether oxygens (including phenoxy) is 2. The minimum atomic E-state index is -0.222. The van der Waals surface area contributed by atoms with Crippen molar-refractivity contribution in [3.8, 4) is 0 Å². The van der Waals surface area contributed by atoms with Gasteiger partial charge in [-0.1, -0.05) is 0 Å². The molecule has 4 aliphatic rings. The number of piperidine rings is 2. The quantitative estimate of drug-likeness (QED) is 0.758. The fraction of sp³-hybridized carbons (Fsp3) is 0.882. The molecule has 0 aromatic carbocycles. The maximum Gasteiger partial charge on any atom is 0.410 e. The van der Waals surface area contributed by atoms with Crippen LogP contribution < -0.4 is 5.32 Å². The molecule has 4 rings (SSSR count). The van der Waals surface area contributed by atoms with Crippen LogP contribution >= 0.6 is 0 Å². The lowest BCUT2D eigenvalue weighted by Gasteiger charge is -2.51. The van der Waals surface area contributed by atoms with Crippen molar-refractivity contribution in [2.24, 2.45) is 5.41 Å². The summed E-state index contributed by atoms with van der Waals surface area (Å²) >= 11 is 0. The van der Waals surface area contributed by atoms with Gasteiger partial charge in [0.05, 0.1) is 32.4 Å². The molecule has 0 aromatic heterocycles. The van der Waals surface area contributed by atoms with Crippen LogP contribution in [0.2, 0.25) is 0 Å². The third-order valence-electron chi connectivity index (χ3n) is 6.45. The maximum atomic E-state index is 12.1. The fourth-order valence-electron chi connectivity index (χ4n) is 5.06. The van der Waals surface area contributed by atoms with Gasteiger partial charge in [-0.25, -0.2) is 4.79 Å². The Morgan fingerprint density at radius 3 is 2.42 bits per heavy atom. The molecule has 2 amide bonds. The minimum Gasteiger partial charge on any atom is -0.453 e. The molecule has 4 saturated heterocycles. The fourth-order valence-corrected chi connectivity index (χ4v) is 5.06. The van der Waals surface area contributed by atoms with Crippen molar-refractivity contribution in [2.75, 3.05) is 40.0 Å². The molecule has 7 nitrogen and oxygen atoms in total. The number of morpholine rings is 1. The van der Waals surface area contributed by atoms with Crippen LogP contribution in [0.4, 0.5) is 4.79 Å². The van der Waals surface area contributed by atoms with E-state index in [1.807, 2.05) is 4.90 Å². The number of amides is 2. The number of hydrogen-bond donors (Lipinski definition) is 1. The molecule has 0 aromatic rings. The van der Waals surface area contributed by atoms with Crippen LogP contribution in [0.1, 0.15) is 32.1 Å². The monoisotopic (exact) mass is 337 g/mol. The maximum absolute atomic E-state index is 12.1. The summed E-state index contributed by atoms with van der Waals surface area (Å²) in [5.41, 5.74) is 0.194. The van der Waals surface area contributed by atoms with Gasteiger partial charge in [0.15, 0.2) is 0 Å². The largest absolute Gasteiger partial charge is 0.453 e. The van der Waals surface area contributed by atoms with Crippen molar-refractivity contribution in [3.63, 3.8) is 0 Å². The number of carbonyl (C=O) groups excluding carboxylic acids is 2. The SMILES string of the molecule is COC(=O)N1C2COCC1CC(N1CCC3(CC1)CNC(=O)C3)C2. The molecule has 4 aliphatic heterocycles. The summed E-state index contributed by atoms with van der Waals surface area (Å²) in [5, 5.41) is 3.00. The highest BCUT2D eigenvalue weighted by Gasteiger charge is 2.46. The highest BCUT2D eigenvalue weighted by Crippen LogP contribution is 2.40. The lowest BCUT2D eigenvalue weighted by molar-refractivity contribution is -0.120. The molecule has 1 N–H and O–H groups in total. The van der Waals surface area contributed by atoms with Gasteiger partial charge in [0, 0.05) is 19.0 Å². The number of nitrogens with one attached hydrogen (secondary N) is 1. The molecule has 7 heteroatoms. The van der Waals surface area contributed by atoms with E-state index in [0.717, 1.165) is 45.3 Å². The summed E-state index contributed by atoms with van der Waals surface area (Å²) in [7, 11) is 1.45. The molecule has 134 valence electrons. The van der Waals surface area contributed by atoms with E-state index in [1.54, 1.807) is 0 Å². The Labute approximate surface area is 142 Å². The predicted molar refractivity (Wildman–Crippen MR) is 86.5 cm³/mol. The number of fused-ring (bicyclic) bond motifs is 2. The third kappa shape index (κ3) is 2.77. The van der Waals surface area contributed by atoms with Crippen LogP contribution in [0.5, 0.6) is 0 Å². The van der Waals surface area contributed by atoms with E-state index < -0.39 is 0 Å². The topological polar surface area (TPSA) is 71.1 Å². The van der Waals surface area contributed by atoms with Gasteiger partial charge in [-0.15, -0.1) is 0 Å². The van der Waals surface area contributed by atoms with E-state index in [0.29, 0.717) is 25.7 Å². The first-order valence-electron chi connectivity index (χ1n) is 9.05. The summed E-state index contributed by atoms with van der Waals surface area (Å²) in [5.74, 6) is 0.210. The van der Waals surface area contributed by atoms with Gasteiger partial charge in [0.1, 0.15) is 0 Å². The Morgan fingerprint density at radius 2 is 1.88 bits per heavy atom. The smallest absolute Gasteiger partial charge is 0.410 e. The molecule has 2 bridgehead atoms. The average molecular weight is 337 g/mol. The Balaban J connectivity index is 1.39. The molecule has 0 saturated carbocycles. The number of carbonyl (C=O) groups is 2. The molecule has 0 radical (unpaired) electrons.